The molecule has 0 heterocycles. The standard InChI is InChI=1S/C14H20N2O4/c1-8(2)13(14(18)16-15)20-11-6-5-10(9(3)17)7-12(11)19-4/h5-8,13H,15H2,1-4H3,(H,16,18). The zero-order valence-corrected chi connectivity index (χ0v) is 12.1. The van der Waals surface area contributed by atoms with E-state index in [9.17, 15) is 9.59 Å². The summed E-state index contributed by atoms with van der Waals surface area (Å²) in [6, 6.07) is 4.81. The van der Waals surface area contributed by atoms with E-state index in [0.717, 1.165) is 0 Å². The molecule has 6 heteroatoms. The van der Waals surface area contributed by atoms with Crippen LogP contribution in [0.25, 0.3) is 0 Å². The molecule has 3 N–H and O–H groups in total. The van der Waals surface area contributed by atoms with Gasteiger partial charge in [-0.2, -0.15) is 0 Å². The molecule has 1 aromatic rings. The summed E-state index contributed by atoms with van der Waals surface area (Å²) in [7, 11) is 1.47. The van der Waals surface area contributed by atoms with Gasteiger partial charge in [0.1, 0.15) is 0 Å². The van der Waals surface area contributed by atoms with Crippen molar-refractivity contribution in [2.75, 3.05) is 7.11 Å². The maximum absolute atomic E-state index is 11.7. The lowest BCUT2D eigenvalue weighted by molar-refractivity contribution is -0.129. The number of carbonyl (C=O) groups excluding carboxylic acids is 2. The van der Waals surface area contributed by atoms with Gasteiger partial charge < -0.3 is 9.47 Å². The fraction of sp³-hybridized carbons (Fsp3) is 0.429. The topological polar surface area (TPSA) is 90.6 Å². The Hall–Kier alpha value is -2.08. The lowest BCUT2D eigenvalue weighted by atomic mass is 10.1. The van der Waals surface area contributed by atoms with E-state index in [1.165, 1.54) is 14.0 Å². The predicted molar refractivity (Wildman–Crippen MR) is 74.6 cm³/mol. The number of benzene rings is 1. The summed E-state index contributed by atoms with van der Waals surface area (Å²) < 4.78 is 10.8. The van der Waals surface area contributed by atoms with Crippen LogP contribution in [0.5, 0.6) is 11.5 Å². The first-order valence-electron chi connectivity index (χ1n) is 6.26. The molecule has 0 aliphatic rings. The van der Waals surface area contributed by atoms with Crippen molar-refractivity contribution in [1.82, 2.24) is 5.43 Å². The van der Waals surface area contributed by atoms with E-state index in [2.05, 4.69) is 5.43 Å². The summed E-state index contributed by atoms with van der Waals surface area (Å²) >= 11 is 0. The molecule has 0 saturated heterocycles. The van der Waals surface area contributed by atoms with E-state index < -0.39 is 12.0 Å². The van der Waals surface area contributed by atoms with Gasteiger partial charge in [-0.1, -0.05) is 13.8 Å². The molecule has 0 spiro atoms. The van der Waals surface area contributed by atoms with Crippen LogP contribution in [0.1, 0.15) is 31.1 Å². The highest BCUT2D eigenvalue weighted by Gasteiger charge is 2.25. The van der Waals surface area contributed by atoms with E-state index in [1.807, 2.05) is 13.8 Å². The van der Waals surface area contributed by atoms with Crippen LogP contribution in [-0.4, -0.2) is 24.9 Å². The second-order valence-electron chi connectivity index (χ2n) is 4.71. The highest BCUT2D eigenvalue weighted by molar-refractivity contribution is 5.94. The van der Waals surface area contributed by atoms with Gasteiger partial charge in [0.15, 0.2) is 23.4 Å². The summed E-state index contributed by atoms with van der Waals surface area (Å²) in [6.45, 7) is 5.15. The van der Waals surface area contributed by atoms with Gasteiger partial charge in [-0.05, 0) is 31.0 Å². The molecule has 1 atom stereocenters. The largest absolute Gasteiger partial charge is 0.493 e. The number of rotatable bonds is 6. The Labute approximate surface area is 118 Å². The molecular formula is C14H20N2O4. The third kappa shape index (κ3) is 3.71. The summed E-state index contributed by atoms with van der Waals surface area (Å²) in [4.78, 5) is 23.0. The Balaban J connectivity index is 3.06. The fourth-order valence-electron chi connectivity index (χ4n) is 1.70. The summed E-state index contributed by atoms with van der Waals surface area (Å²) in [5, 5.41) is 0. The van der Waals surface area contributed by atoms with Crippen LogP contribution >= 0.6 is 0 Å². The maximum Gasteiger partial charge on any atom is 0.275 e. The SMILES string of the molecule is COc1cc(C(C)=O)ccc1OC(C(=O)NN)C(C)C. The van der Waals surface area contributed by atoms with E-state index in [0.29, 0.717) is 17.1 Å². The quantitative estimate of drug-likeness (QED) is 0.354. The Morgan fingerprint density at radius 2 is 1.90 bits per heavy atom. The molecule has 0 saturated carbocycles. The zero-order chi connectivity index (χ0) is 15.3. The van der Waals surface area contributed by atoms with E-state index in [1.54, 1.807) is 18.2 Å². The molecule has 1 unspecified atom stereocenters. The number of Topliss-reactive ketones (excluding diaryl/α,β-unsaturated/α-hetero) is 1. The van der Waals surface area contributed by atoms with Gasteiger partial charge in [-0.25, -0.2) is 5.84 Å². The van der Waals surface area contributed by atoms with Crippen LogP contribution in [0.3, 0.4) is 0 Å². The van der Waals surface area contributed by atoms with Gasteiger partial charge >= 0.3 is 0 Å². The predicted octanol–water partition coefficient (Wildman–Crippen LogP) is 1.29. The molecule has 110 valence electrons. The van der Waals surface area contributed by atoms with Crippen molar-refractivity contribution in [1.29, 1.82) is 0 Å². The Morgan fingerprint density at radius 3 is 2.35 bits per heavy atom. The normalized spacial score (nSPS) is 11.9. The summed E-state index contributed by atoms with van der Waals surface area (Å²) in [5.41, 5.74) is 2.59. The molecule has 1 rings (SSSR count). The highest BCUT2D eigenvalue weighted by atomic mass is 16.5. The van der Waals surface area contributed by atoms with Gasteiger partial charge in [0.2, 0.25) is 0 Å². The number of nitrogens with two attached hydrogens (primary N) is 1. The van der Waals surface area contributed by atoms with Crippen LogP contribution in [0.2, 0.25) is 0 Å². The molecular weight excluding hydrogens is 260 g/mol. The molecule has 1 amide bonds. The molecule has 0 fully saturated rings. The van der Waals surface area contributed by atoms with Gasteiger partial charge in [0.05, 0.1) is 7.11 Å². The number of hydrazine groups is 1. The third-order valence-electron chi connectivity index (χ3n) is 2.83. The third-order valence-corrected chi connectivity index (χ3v) is 2.83. The highest BCUT2D eigenvalue weighted by Crippen LogP contribution is 2.30. The smallest absolute Gasteiger partial charge is 0.275 e. The lowest BCUT2D eigenvalue weighted by Gasteiger charge is -2.22. The van der Waals surface area contributed by atoms with Crippen molar-refractivity contribution in [2.24, 2.45) is 11.8 Å². The van der Waals surface area contributed by atoms with Gasteiger partial charge in [0.25, 0.3) is 5.91 Å². The number of ether oxygens (including phenoxy) is 2. The van der Waals surface area contributed by atoms with Crippen LogP contribution in [0.15, 0.2) is 18.2 Å². The molecule has 20 heavy (non-hydrogen) atoms. The van der Waals surface area contributed by atoms with Crippen molar-refractivity contribution in [2.45, 2.75) is 26.9 Å². The second-order valence-corrected chi connectivity index (χ2v) is 4.71. The molecule has 0 aliphatic carbocycles. The van der Waals surface area contributed by atoms with Crippen molar-refractivity contribution < 1.29 is 19.1 Å². The van der Waals surface area contributed by atoms with E-state index >= 15 is 0 Å². The number of hydrogen-bond acceptors (Lipinski definition) is 5. The molecule has 0 radical (unpaired) electrons. The molecule has 1 aromatic carbocycles. The molecule has 6 nitrogen and oxygen atoms in total. The van der Waals surface area contributed by atoms with Crippen molar-refractivity contribution in [3.63, 3.8) is 0 Å². The minimum atomic E-state index is -0.739. The average molecular weight is 280 g/mol. The van der Waals surface area contributed by atoms with Gasteiger partial charge in [-0.3, -0.25) is 15.0 Å². The summed E-state index contributed by atoms with van der Waals surface area (Å²) in [6.07, 6.45) is -0.739. The maximum atomic E-state index is 11.7. The van der Waals surface area contributed by atoms with Crippen LogP contribution in [-0.2, 0) is 4.79 Å². The lowest BCUT2D eigenvalue weighted by Crippen LogP contribution is -2.44. The van der Waals surface area contributed by atoms with Crippen LogP contribution in [0, 0.1) is 5.92 Å². The number of hydrogen-bond donors (Lipinski definition) is 2. The Kier molecular flexibility index (Phi) is 5.52. The van der Waals surface area contributed by atoms with Crippen molar-refractivity contribution >= 4 is 11.7 Å². The fourth-order valence-corrected chi connectivity index (χ4v) is 1.70. The van der Waals surface area contributed by atoms with E-state index in [-0.39, 0.29) is 11.7 Å². The minimum absolute atomic E-state index is 0.0734. The van der Waals surface area contributed by atoms with Gasteiger partial charge in [-0.15, -0.1) is 0 Å². The first-order valence-corrected chi connectivity index (χ1v) is 6.26. The van der Waals surface area contributed by atoms with Crippen molar-refractivity contribution in [3.8, 4) is 11.5 Å². The first kappa shape index (κ1) is 16.0. The minimum Gasteiger partial charge on any atom is -0.493 e. The average Bonchev–Trinajstić information content (AvgIpc) is 2.43. The van der Waals surface area contributed by atoms with E-state index in [4.69, 9.17) is 15.3 Å². The van der Waals surface area contributed by atoms with Crippen molar-refractivity contribution in [3.05, 3.63) is 23.8 Å². The first-order chi connectivity index (χ1) is 9.40. The second kappa shape index (κ2) is 6.91. The van der Waals surface area contributed by atoms with Gasteiger partial charge in [0, 0.05) is 5.56 Å². The number of methoxy groups -OCH3 is 1. The Bertz CT molecular complexity index is 500. The molecule has 0 aromatic heterocycles. The number of amides is 1. The number of ketones is 1. The molecule has 0 bridgehead atoms. The number of nitrogens with one attached hydrogen (secondary N) is 1. The Morgan fingerprint density at radius 1 is 1.25 bits per heavy atom. The molecule has 0 aliphatic heterocycles. The summed E-state index contributed by atoms with van der Waals surface area (Å²) in [5.74, 6) is 5.36. The van der Waals surface area contributed by atoms with Crippen LogP contribution < -0.4 is 20.7 Å². The zero-order valence-electron chi connectivity index (χ0n) is 12.1. The monoisotopic (exact) mass is 280 g/mol. The van der Waals surface area contributed by atoms with Crippen LogP contribution in [0.4, 0.5) is 0 Å². The number of carbonyl (C=O) groups is 2.